The number of aliphatic hydroxyl groups is 2. The van der Waals surface area contributed by atoms with E-state index in [9.17, 15) is 10.2 Å². The van der Waals surface area contributed by atoms with Crippen LogP contribution in [0.15, 0.2) is 16.5 Å². The van der Waals surface area contributed by atoms with Crippen LogP contribution in [0.3, 0.4) is 0 Å². The van der Waals surface area contributed by atoms with Crippen molar-refractivity contribution >= 4 is 5.88 Å². The minimum atomic E-state index is -1.12. The molecule has 6 heteroatoms. The van der Waals surface area contributed by atoms with Crippen LogP contribution in [0.1, 0.15) is 70.3 Å². The maximum absolute atomic E-state index is 10.8. The number of aryl methyl sites for hydroxylation is 1. The Hall–Kier alpha value is -1.92. The van der Waals surface area contributed by atoms with E-state index in [1.807, 2.05) is 40.7 Å². The second-order valence-corrected chi connectivity index (χ2v) is 6.57. The first-order chi connectivity index (χ1) is 11.7. The van der Waals surface area contributed by atoms with E-state index in [1.165, 1.54) is 0 Å². The number of aromatic nitrogens is 2. The highest BCUT2D eigenvalue weighted by molar-refractivity contribution is 5.53. The lowest BCUT2D eigenvalue weighted by atomic mass is 9.90. The SMILES string of the molecule is CCC(O)(CC)c1nc(-c2nc(C(O)(CC)CC)c(N)o2)ccc1C. The standard InChI is InChI=1S/C19H29N3O3/c1-6-18(23,7-2)14-12(5)10-11-13(21-14)17-22-15(16(20)25-17)19(24,8-3)9-4/h10-11,23-24H,6-9,20H2,1-5H3. The minimum absolute atomic E-state index is 0.103. The van der Waals surface area contributed by atoms with Gasteiger partial charge in [-0.2, -0.15) is 0 Å². The number of rotatable bonds is 7. The van der Waals surface area contributed by atoms with E-state index in [1.54, 1.807) is 6.07 Å². The second-order valence-electron chi connectivity index (χ2n) is 6.57. The molecule has 0 unspecified atom stereocenters. The molecule has 0 aliphatic carbocycles. The average Bonchev–Trinajstić information content (AvgIpc) is 3.03. The molecule has 0 radical (unpaired) electrons. The Labute approximate surface area is 149 Å². The summed E-state index contributed by atoms with van der Waals surface area (Å²) >= 11 is 0. The smallest absolute Gasteiger partial charge is 0.247 e. The van der Waals surface area contributed by atoms with Gasteiger partial charge in [0.15, 0.2) is 0 Å². The summed E-state index contributed by atoms with van der Waals surface area (Å²) in [6.45, 7) is 9.54. The molecule has 0 bridgehead atoms. The molecular formula is C19H29N3O3. The Bertz CT molecular complexity index is 732. The van der Waals surface area contributed by atoms with Crippen molar-refractivity contribution in [1.82, 2.24) is 9.97 Å². The van der Waals surface area contributed by atoms with Gasteiger partial charge in [0.2, 0.25) is 11.8 Å². The van der Waals surface area contributed by atoms with Gasteiger partial charge in [-0.1, -0.05) is 33.8 Å². The first-order valence-electron chi connectivity index (χ1n) is 8.94. The molecule has 25 heavy (non-hydrogen) atoms. The summed E-state index contributed by atoms with van der Waals surface area (Å²) < 4.78 is 5.59. The number of nitrogens with zero attached hydrogens (tertiary/aromatic N) is 2. The van der Waals surface area contributed by atoms with E-state index in [2.05, 4.69) is 9.97 Å². The Morgan fingerprint density at radius 2 is 1.44 bits per heavy atom. The van der Waals surface area contributed by atoms with Gasteiger partial charge in [0.1, 0.15) is 22.6 Å². The fourth-order valence-corrected chi connectivity index (χ4v) is 3.06. The highest BCUT2D eigenvalue weighted by Crippen LogP contribution is 2.36. The highest BCUT2D eigenvalue weighted by Gasteiger charge is 2.33. The van der Waals surface area contributed by atoms with Crippen molar-refractivity contribution in [1.29, 1.82) is 0 Å². The fourth-order valence-electron chi connectivity index (χ4n) is 3.06. The van der Waals surface area contributed by atoms with Gasteiger partial charge in [-0.25, -0.2) is 9.97 Å². The summed E-state index contributed by atoms with van der Waals surface area (Å²) in [6, 6.07) is 3.68. The van der Waals surface area contributed by atoms with Crippen LogP contribution < -0.4 is 5.73 Å². The van der Waals surface area contributed by atoms with Crippen LogP contribution in [0, 0.1) is 6.92 Å². The summed E-state index contributed by atoms with van der Waals surface area (Å²) in [5.74, 6) is 0.356. The molecule has 2 heterocycles. The molecule has 0 saturated heterocycles. The number of anilines is 1. The van der Waals surface area contributed by atoms with Crippen LogP contribution in [0.5, 0.6) is 0 Å². The molecule has 0 amide bonds. The van der Waals surface area contributed by atoms with E-state index < -0.39 is 11.2 Å². The van der Waals surface area contributed by atoms with Crippen LogP contribution in [-0.4, -0.2) is 20.2 Å². The van der Waals surface area contributed by atoms with Gasteiger partial charge in [0, 0.05) is 0 Å². The third-order valence-electron chi connectivity index (χ3n) is 5.19. The van der Waals surface area contributed by atoms with Crippen molar-refractivity contribution in [3.63, 3.8) is 0 Å². The predicted molar refractivity (Wildman–Crippen MR) is 97.8 cm³/mol. The molecule has 0 aliphatic heterocycles. The number of oxazole rings is 1. The molecular weight excluding hydrogens is 318 g/mol. The van der Waals surface area contributed by atoms with Crippen molar-refractivity contribution in [3.8, 4) is 11.6 Å². The van der Waals surface area contributed by atoms with Gasteiger partial charge in [-0.3, -0.25) is 0 Å². The lowest BCUT2D eigenvalue weighted by molar-refractivity contribution is 0.0233. The molecule has 138 valence electrons. The van der Waals surface area contributed by atoms with Gasteiger partial charge >= 0.3 is 0 Å². The topological polar surface area (TPSA) is 105 Å². The summed E-state index contributed by atoms with van der Waals surface area (Å²) in [5.41, 5.74) is 6.22. The molecule has 2 aromatic heterocycles. The number of hydrogen-bond donors (Lipinski definition) is 3. The van der Waals surface area contributed by atoms with Gasteiger partial charge in [-0.05, 0) is 44.2 Å². The molecule has 6 nitrogen and oxygen atoms in total. The van der Waals surface area contributed by atoms with Gasteiger partial charge < -0.3 is 20.4 Å². The number of nitrogens with two attached hydrogens (primary N) is 1. The monoisotopic (exact) mass is 347 g/mol. The number of nitrogen functional groups attached to an aromatic ring is 1. The van der Waals surface area contributed by atoms with E-state index in [-0.39, 0.29) is 11.8 Å². The third-order valence-corrected chi connectivity index (χ3v) is 5.19. The lowest BCUT2D eigenvalue weighted by Crippen LogP contribution is -2.26. The van der Waals surface area contributed by atoms with Crippen molar-refractivity contribution in [3.05, 3.63) is 29.1 Å². The van der Waals surface area contributed by atoms with Gasteiger partial charge in [0.05, 0.1) is 5.69 Å². The zero-order chi connectivity index (χ0) is 18.8. The van der Waals surface area contributed by atoms with Crippen LogP contribution in [0.4, 0.5) is 5.88 Å². The molecule has 0 fully saturated rings. The Balaban J connectivity index is 2.54. The number of hydrogen-bond acceptors (Lipinski definition) is 6. The van der Waals surface area contributed by atoms with Gasteiger partial charge in [-0.15, -0.1) is 0 Å². The molecule has 0 aliphatic rings. The summed E-state index contributed by atoms with van der Waals surface area (Å²) in [5, 5.41) is 21.5. The van der Waals surface area contributed by atoms with Gasteiger partial charge in [0.25, 0.3) is 0 Å². The zero-order valence-corrected chi connectivity index (χ0v) is 15.8. The zero-order valence-electron chi connectivity index (χ0n) is 15.8. The molecule has 0 atom stereocenters. The summed E-state index contributed by atoms with van der Waals surface area (Å²) in [4.78, 5) is 9.01. The first kappa shape index (κ1) is 19.4. The average molecular weight is 347 g/mol. The Morgan fingerprint density at radius 1 is 0.920 bits per heavy atom. The largest absolute Gasteiger partial charge is 0.419 e. The summed E-state index contributed by atoms with van der Waals surface area (Å²) in [6.07, 6.45) is 2.09. The van der Waals surface area contributed by atoms with Crippen molar-refractivity contribution in [2.75, 3.05) is 5.73 Å². The quantitative estimate of drug-likeness (QED) is 0.706. The maximum atomic E-state index is 10.8. The fraction of sp³-hybridized carbons (Fsp3) is 0.579. The first-order valence-corrected chi connectivity index (χ1v) is 8.94. The Kier molecular flexibility index (Phi) is 5.54. The Morgan fingerprint density at radius 3 is 1.96 bits per heavy atom. The minimum Gasteiger partial charge on any atom is -0.419 e. The maximum Gasteiger partial charge on any atom is 0.247 e. The van der Waals surface area contributed by atoms with Crippen molar-refractivity contribution < 1.29 is 14.6 Å². The molecule has 2 rings (SSSR count). The van der Waals surface area contributed by atoms with Crippen LogP contribution in [0.25, 0.3) is 11.6 Å². The van der Waals surface area contributed by atoms with E-state index in [0.29, 0.717) is 42.8 Å². The predicted octanol–water partition coefficient (Wildman–Crippen LogP) is 3.64. The number of pyridine rings is 1. The lowest BCUT2D eigenvalue weighted by Gasteiger charge is -2.26. The van der Waals surface area contributed by atoms with E-state index in [4.69, 9.17) is 10.2 Å². The third kappa shape index (κ3) is 3.41. The summed E-state index contributed by atoms with van der Waals surface area (Å²) in [7, 11) is 0. The van der Waals surface area contributed by atoms with Crippen molar-refractivity contribution in [2.45, 2.75) is 71.5 Å². The van der Waals surface area contributed by atoms with E-state index >= 15 is 0 Å². The van der Waals surface area contributed by atoms with Crippen LogP contribution >= 0.6 is 0 Å². The van der Waals surface area contributed by atoms with Crippen molar-refractivity contribution in [2.24, 2.45) is 0 Å². The molecule has 0 aromatic carbocycles. The molecule has 0 saturated carbocycles. The molecule has 4 N–H and O–H groups in total. The molecule has 2 aromatic rings. The molecule has 0 spiro atoms. The normalized spacial score (nSPS) is 12.6. The second kappa shape index (κ2) is 7.14. The highest BCUT2D eigenvalue weighted by atomic mass is 16.4. The van der Waals surface area contributed by atoms with Crippen LogP contribution in [0.2, 0.25) is 0 Å². The van der Waals surface area contributed by atoms with E-state index in [0.717, 1.165) is 5.56 Å². The van der Waals surface area contributed by atoms with Crippen LogP contribution in [-0.2, 0) is 11.2 Å².